The molecule has 0 radical (unpaired) electrons. The quantitative estimate of drug-likeness (QED) is 0.868. The van der Waals surface area contributed by atoms with Gasteiger partial charge in [-0.1, -0.05) is 0 Å². The van der Waals surface area contributed by atoms with E-state index in [4.69, 9.17) is 15.4 Å². The molecule has 1 atom stereocenters. The minimum atomic E-state index is -3.76. The van der Waals surface area contributed by atoms with Crippen molar-refractivity contribution in [2.45, 2.75) is 24.7 Å². The average molecular weight is 318 g/mol. The maximum atomic E-state index is 12.0. The minimum Gasteiger partial charge on any atom is -0.381 e. The van der Waals surface area contributed by atoms with Gasteiger partial charge in [0.2, 0.25) is 5.91 Å². The number of carbonyl (C=O) groups excluding carboxylic acids is 1. The summed E-state index contributed by atoms with van der Waals surface area (Å²) in [7, 11) is 1.55. The van der Waals surface area contributed by atoms with Crippen LogP contribution in [-0.4, -0.2) is 27.5 Å². The number of aryl methyl sites for hydroxylation is 1. The highest BCUT2D eigenvalue weighted by Gasteiger charge is 2.22. The first-order chi connectivity index (χ1) is 9.38. The summed E-state index contributed by atoms with van der Waals surface area (Å²) >= 11 is 0. The van der Waals surface area contributed by atoms with Gasteiger partial charge in [0.15, 0.2) is 0 Å². The molecule has 1 N–H and O–H groups in total. The molecule has 0 aromatic heterocycles. The third-order valence-corrected chi connectivity index (χ3v) is 4.72. The summed E-state index contributed by atoms with van der Waals surface area (Å²) in [5.41, 5.74) is 1.06. The molecule has 110 valence electrons. The van der Waals surface area contributed by atoms with Gasteiger partial charge in [-0.25, -0.2) is 8.42 Å². The fourth-order valence-electron chi connectivity index (χ4n) is 2.19. The van der Waals surface area contributed by atoms with E-state index in [0.717, 1.165) is 12.8 Å². The number of ether oxygens (including phenoxy) is 1. The predicted molar refractivity (Wildman–Crippen MR) is 76.4 cm³/mol. The van der Waals surface area contributed by atoms with Crippen molar-refractivity contribution < 1.29 is 17.9 Å². The van der Waals surface area contributed by atoms with Crippen LogP contribution >= 0.6 is 10.7 Å². The maximum absolute atomic E-state index is 12.0. The molecule has 1 aromatic carbocycles. The average Bonchev–Trinajstić information content (AvgIpc) is 2.38. The van der Waals surface area contributed by atoms with Gasteiger partial charge in [0, 0.05) is 23.0 Å². The van der Waals surface area contributed by atoms with Gasteiger partial charge in [-0.05, 0) is 43.5 Å². The number of hydrogen-bond donors (Lipinski definition) is 1. The monoisotopic (exact) mass is 317 g/mol. The number of rotatable bonds is 3. The van der Waals surface area contributed by atoms with Crippen molar-refractivity contribution in [2.75, 3.05) is 18.5 Å². The van der Waals surface area contributed by atoms with E-state index in [1.54, 1.807) is 13.0 Å². The second-order valence-corrected chi connectivity index (χ2v) is 7.36. The Labute approximate surface area is 122 Å². The number of carbonyl (C=O) groups is 1. The molecule has 0 saturated carbocycles. The van der Waals surface area contributed by atoms with Gasteiger partial charge in [-0.2, -0.15) is 0 Å². The third kappa shape index (κ3) is 3.71. The van der Waals surface area contributed by atoms with E-state index in [2.05, 4.69) is 5.32 Å². The Morgan fingerprint density at radius 2 is 2.20 bits per heavy atom. The number of benzene rings is 1. The molecule has 1 fully saturated rings. The number of halogens is 1. The zero-order chi connectivity index (χ0) is 14.8. The first-order valence-electron chi connectivity index (χ1n) is 6.32. The first kappa shape index (κ1) is 15.3. The summed E-state index contributed by atoms with van der Waals surface area (Å²) in [5, 5.41) is 2.77. The number of hydrogen-bond acceptors (Lipinski definition) is 4. The zero-order valence-corrected chi connectivity index (χ0v) is 12.6. The molecule has 0 bridgehead atoms. The summed E-state index contributed by atoms with van der Waals surface area (Å²) in [6.45, 7) is 2.76. The van der Waals surface area contributed by atoms with E-state index in [9.17, 15) is 13.2 Å². The topological polar surface area (TPSA) is 72.5 Å². The van der Waals surface area contributed by atoms with Crippen molar-refractivity contribution in [1.29, 1.82) is 0 Å². The molecule has 1 amide bonds. The number of anilines is 1. The summed E-state index contributed by atoms with van der Waals surface area (Å²) < 4.78 is 27.9. The summed E-state index contributed by atoms with van der Waals surface area (Å²) in [6.07, 6.45) is 1.68. The molecule has 7 heteroatoms. The van der Waals surface area contributed by atoms with Gasteiger partial charge in [0.05, 0.1) is 17.4 Å². The molecular weight excluding hydrogens is 302 g/mol. The largest absolute Gasteiger partial charge is 0.381 e. The zero-order valence-electron chi connectivity index (χ0n) is 11.1. The molecule has 2 rings (SSSR count). The second kappa shape index (κ2) is 6.11. The van der Waals surface area contributed by atoms with E-state index in [1.165, 1.54) is 12.1 Å². The highest BCUT2D eigenvalue weighted by Crippen LogP contribution is 2.23. The molecule has 1 aliphatic rings. The fourth-order valence-corrected chi connectivity index (χ4v) is 3.39. The predicted octanol–water partition coefficient (Wildman–Crippen LogP) is 2.29. The Bertz CT molecular complexity index is 609. The van der Waals surface area contributed by atoms with E-state index >= 15 is 0 Å². The van der Waals surface area contributed by atoms with Crippen LogP contribution in [0.25, 0.3) is 0 Å². The van der Waals surface area contributed by atoms with Crippen LogP contribution in [0.2, 0.25) is 0 Å². The van der Waals surface area contributed by atoms with Crippen molar-refractivity contribution in [1.82, 2.24) is 0 Å². The molecule has 5 nitrogen and oxygen atoms in total. The molecule has 1 saturated heterocycles. The van der Waals surface area contributed by atoms with Crippen LogP contribution in [0.1, 0.15) is 18.4 Å². The van der Waals surface area contributed by atoms with Crippen molar-refractivity contribution in [3.8, 4) is 0 Å². The molecule has 1 aromatic rings. The summed E-state index contributed by atoms with van der Waals surface area (Å²) in [6, 6.07) is 4.52. The lowest BCUT2D eigenvalue weighted by molar-refractivity contribution is -0.123. The number of amides is 1. The third-order valence-electron chi connectivity index (χ3n) is 3.24. The van der Waals surface area contributed by atoms with Gasteiger partial charge >= 0.3 is 0 Å². The minimum absolute atomic E-state index is 0.0539. The van der Waals surface area contributed by atoms with Crippen molar-refractivity contribution in [2.24, 2.45) is 5.92 Å². The van der Waals surface area contributed by atoms with E-state index in [0.29, 0.717) is 24.5 Å². The van der Waals surface area contributed by atoms with Crippen molar-refractivity contribution in [3.63, 3.8) is 0 Å². The maximum Gasteiger partial charge on any atom is 0.261 e. The van der Waals surface area contributed by atoms with E-state index < -0.39 is 9.05 Å². The van der Waals surface area contributed by atoms with Crippen LogP contribution in [0.15, 0.2) is 23.1 Å². The fraction of sp³-hybridized carbons (Fsp3) is 0.462. The standard InChI is InChI=1S/C13H16ClNO4S/c1-9-7-11(4-5-12(9)20(14,17)18)15-13(16)10-3-2-6-19-8-10/h4-5,7,10H,2-3,6,8H2,1H3,(H,15,16). The summed E-state index contributed by atoms with van der Waals surface area (Å²) in [5.74, 6) is -0.258. The molecule has 0 aliphatic carbocycles. The molecule has 1 unspecified atom stereocenters. The van der Waals surface area contributed by atoms with Gasteiger partial charge in [-0.15, -0.1) is 0 Å². The van der Waals surface area contributed by atoms with Crippen LogP contribution in [0.3, 0.4) is 0 Å². The Morgan fingerprint density at radius 3 is 2.75 bits per heavy atom. The number of nitrogens with one attached hydrogen (secondary N) is 1. The lowest BCUT2D eigenvalue weighted by Gasteiger charge is -2.21. The van der Waals surface area contributed by atoms with Crippen molar-refractivity contribution in [3.05, 3.63) is 23.8 Å². The van der Waals surface area contributed by atoms with Gasteiger partial charge in [0.1, 0.15) is 0 Å². The van der Waals surface area contributed by atoms with E-state index in [-0.39, 0.29) is 16.7 Å². The summed E-state index contributed by atoms with van der Waals surface area (Å²) in [4.78, 5) is 12.1. The van der Waals surface area contributed by atoms with Gasteiger partial charge in [0.25, 0.3) is 9.05 Å². The van der Waals surface area contributed by atoms with Crippen LogP contribution in [0, 0.1) is 12.8 Å². The van der Waals surface area contributed by atoms with E-state index in [1.807, 2.05) is 0 Å². The lowest BCUT2D eigenvalue weighted by Crippen LogP contribution is -2.30. The van der Waals surface area contributed by atoms with Crippen LogP contribution < -0.4 is 5.32 Å². The smallest absolute Gasteiger partial charge is 0.261 e. The Morgan fingerprint density at radius 1 is 1.45 bits per heavy atom. The van der Waals surface area contributed by atoms with Crippen LogP contribution in [0.4, 0.5) is 5.69 Å². The van der Waals surface area contributed by atoms with Gasteiger partial charge in [-0.3, -0.25) is 4.79 Å². The molecular formula is C13H16ClNO4S. The molecule has 1 heterocycles. The Kier molecular flexibility index (Phi) is 4.67. The highest BCUT2D eigenvalue weighted by atomic mass is 35.7. The molecule has 1 aliphatic heterocycles. The molecule has 20 heavy (non-hydrogen) atoms. The lowest BCUT2D eigenvalue weighted by atomic mass is 10.0. The molecule has 0 spiro atoms. The Hall–Kier alpha value is -1.11. The SMILES string of the molecule is Cc1cc(NC(=O)C2CCCOC2)ccc1S(=O)(=O)Cl. The normalized spacial score (nSPS) is 19.6. The van der Waals surface area contributed by atoms with Gasteiger partial charge < -0.3 is 10.1 Å². The second-order valence-electron chi connectivity index (χ2n) is 4.82. The Balaban J connectivity index is 2.10. The van der Waals surface area contributed by atoms with Crippen molar-refractivity contribution >= 4 is 31.3 Å². The first-order valence-corrected chi connectivity index (χ1v) is 8.63. The highest BCUT2D eigenvalue weighted by molar-refractivity contribution is 8.13. The van der Waals surface area contributed by atoms with Crippen LogP contribution in [0.5, 0.6) is 0 Å². The van der Waals surface area contributed by atoms with Crippen LogP contribution in [-0.2, 0) is 18.6 Å².